The highest BCUT2D eigenvalue weighted by Crippen LogP contribution is 2.28. The van der Waals surface area contributed by atoms with E-state index in [1.807, 2.05) is 50.1 Å². The summed E-state index contributed by atoms with van der Waals surface area (Å²) in [6.07, 6.45) is 0. The van der Waals surface area contributed by atoms with Gasteiger partial charge in [-0.2, -0.15) is 0 Å². The van der Waals surface area contributed by atoms with Crippen LogP contribution in [-0.2, 0) is 4.79 Å². The molecule has 0 spiro atoms. The Morgan fingerprint density at radius 1 is 1.39 bits per heavy atom. The highest BCUT2D eigenvalue weighted by atomic mass is 16.5. The molecule has 0 fully saturated rings. The number of ether oxygens (including phenoxy) is 1. The molecule has 0 aromatic heterocycles. The van der Waals surface area contributed by atoms with Gasteiger partial charge in [-0.3, -0.25) is 4.79 Å². The van der Waals surface area contributed by atoms with Crippen molar-refractivity contribution < 1.29 is 14.6 Å². The Bertz CT molecular complexity index is 404. The molecule has 18 heavy (non-hydrogen) atoms. The number of rotatable bonds is 6. The van der Waals surface area contributed by atoms with Gasteiger partial charge in [0.2, 0.25) is 0 Å². The second-order valence-corrected chi connectivity index (χ2v) is 4.74. The molecule has 0 radical (unpaired) electrons. The molecule has 0 amide bonds. The van der Waals surface area contributed by atoms with Gasteiger partial charge in [-0.15, -0.1) is 0 Å². The third-order valence-corrected chi connectivity index (χ3v) is 3.09. The Hall–Kier alpha value is -1.71. The number of carboxylic acid groups (broad SMARTS) is 1. The molecule has 1 atom stereocenters. The molecule has 4 heteroatoms. The van der Waals surface area contributed by atoms with Crippen LogP contribution in [-0.4, -0.2) is 31.8 Å². The van der Waals surface area contributed by atoms with E-state index >= 15 is 0 Å². The lowest BCUT2D eigenvalue weighted by atomic mass is 9.95. The molecular weight excluding hydrogens is 230 g/mol. The van der Waals surface area contributed by atoms with E-state index in [2.05, 4.69) is 0 Å². The summed E-state index contributed by atoms with van der Waals surface area (Å²) in [6.45, 7) is 4.32. The predicted molar refractivity (Wildman–Crippen MR) is 72.2 cm³/mol. The molecule has 0 aliphatic heterocycles. The number of hydrogen-bond donors (Lipinski definition) is 1. The maximum Gasteiger partial charge on any atom is 0.308 e. The first-order valence-corrected chi connectivity index (χ1v) is 6.04. The molecule has 0 saturated carbocycles. The second kappa shape index (κ2) is 6.28. The molecule has 0 saturated heterocycles. The Balaban J connectivity index is 2.86. The fraction of sp³-hybridized carbons (Fsp3) is 0.500. The van der Waals surface area contributed by atoms with E-state index in [4.69, 9.17) is 4.74 Å². The molecule has 100 valence electrons. The SMILES string of the molecule is COc1ccccc1N(C)CC(C(=O)O)C(C)C. The average molecular weight is 251 g/mol. The minimum Gasteiger partial charge on any atom is -0.495 e. The Morgan fingerprint density at radius 3 is 2.50 bits per heavy atom. The summed E-state index contributed by atoms with van der Waals surface area (Å²) in [5.41, 5.74) is 0.909. The summed E-state index contributed by atoms with van der Waals surface area (Å²) in [4.78, 5) is 13.1. The quantitative estimate of drug-likeness (QED) is 0.844. The van der Waals surface area contributed by atoms with E-state index in [0.29, 0.717) is 6.54 Å². The van der Waals surface area contributed by atoms with Crippen molar-refractivity contribution in [1.82, 2.24) is 0 Å². The van der Waals surface area contributed by atoms with Crippen LogP contribution in [0.3, 0.4) is 0 Å². The summed E-state index contributed by atoms with van der Waals surface area (Å²) in [6, 6.07) is 7.61. The standard InChI is InChI=1S/C14H21NO3/c1-10(2)11(14(16)17)9-15(3)12-7-5-6-8-13(12)18-4/h5-8,10-11H,9H2,1-4H3,(H,16,17). The van der Waals surface area contributed by atoms with Crippen molar-refractivity contribution in [2.24, 2.45) is 11.8 Å². The smallest absolute Gasteiger partial charge is 0.308 e. The third kappa shape index (κ3) is 3.39. The molecule has 1 rings (SSSR count). The predicted octanol–water partition coefficient (Wildman–Crippen LogP) is 2.49. The lowest BCUT2D eigenvalue weighted by molar-refractivity contribution is -0.142. The monoisotopic (exact) mass is 251 g/mol. The maximum atomic E-state index is 11.2. The Labute approximate surface area is 108 Å². The minimum absolute atomic E-state index is 0.0969. The van der Waals surface area contributed by atoms with Crippen LogP contribution >= 0.6 is 0 Å². The third-order valence-electron chi connectivity index (χ3n) is 3.09. The highest BCUT2D eigenvalue weighted by molar-refractivity contribution is 5.71. The molecule has 0 aliphatic rings. The van der Waals surface area contributed by atoms with Gasteiger partial charge in [0.15, 0.2) is 0 Å². The van der Waals surface area contributed by atoms with Crippen molar-refractivity contribution in [2.75, 3.05) is 25.6 Å². The van der Waals surface area contributed by atoms with E-state index in [0.717, 1.165) is 11.4 Å². The van der Waals surface area contributed by atoms with Gasteiger partial charge in [-0.25, -0.2) is 0 Å². The first-order chi connectivity index (χ1) is 8.47. The Morgan fingerprint density at radius 2 is 2.00 bits per heavy atom. The minimum atomic E-state index is -0.758. The van der Waals surface area contributed by atoms with Crippen molar-refractivity contribution in [3.8, 4) is 5.75 Å². The number of aliphatic carboxylic acids is 1. The van der Waals surface area contributed by atoms with Crippen LogP contribution in [0.25, 0.3) is 0 Å². The lowest BCUT2D eigenvalue weighted by Crippen LogP contribution is -2.33. The Kier molecular flexibility index (Phi) is 5.01. The van der Waals surface area contributed by atoms with Crippen molar-refractivity contribution in [1.29, 1.82) is 0 Å². The van der Waals surface area contributed by atoms with Gasteiger partial charge in [0, 0.05) is 13.6 Å². The largest absolute Gasteiger partial charge is 0.495 e. The summed E-state index contributed by atoms with van der Waals surface area (Å²) in [7, 11) is 3.50. The van der Waals surface area contributed by atoms with E-state index < -0.39 is 5.97 Å². The molecular formula is C14H21NO3. The highest BCUT2D eigenvalue weighted by Gasteiger charge is 2.24. The van der Waals surface area contributed by atoms with Gasteiger partial charge in [0.05, 0.1) is 18.7 Å². The zero-order valence-corrected chi connectivity index (χ0v) is 11.4. The summed E-state index contributed by atoms with van der Waals surface area (Å²) >= 11 is 0. The maximum absolute atomic E-state index is 11.2. The van der Waals surface area contributed by atoms with Crippen LogP contribution in [0, 0.1) is 11.8 Å². The fourth-order valence-corrected chi connectivity index (χ4v) is 1.91. The van der Waals surface area contributed by atoms with Crippen LogP contribution in [0.2, 0.25) is 0 Å². The number of carbonyl (C=O) groups is 1. The van der Waals surface area contributed by atoms with E-state index in [1.165, 1.54) is 0 Å². The van der Waals surface area contributed by atoms with Crippen molar-refractivity contribution >= 4 is 11.7 Å². The van der Waals surface area contributed by atoms with Gasteiger partial charge < -0.3 is 14.7 Å². The van der Waals surface area contributed by atoms with E-state index in [9.17, 15) is 9.90 Å². The van der Waals surface area contributed by atoms with Gasteiger partial charge in [0.1, 0.15) is 5.75 Å². The number of hydrogen-bond acceptors (Lipinski definition) is 3. The van der Waals surface area contributed by atoms with Crippen molar-refractivity contribution in [3.63, 3.8) is 0 Å². The van der Waals surface area contributed by atoms with E-state index in [-0.39, 0.29) is 11.8 Å². The van der Waals surface area contributed by atoms with Crippen LogP contribution in [0.4, 0.5) is 5.69 Å². The molecule has 0 aliphatic carbocycles. The second-order valence-electron chi connectivity index (χ2n) is 4.74. The van der Waals surface area contributed by atoms with Crippen LogP contribution < -0.4 is 9.64 Å². The number of para-hydroxylation sites is 2. The number of benzene rings is 1. The first-order valence-electron chi connectivity index (χ1n) is 6.04. The number of methoxy groups -OCH3 is 1. The molecule has 1 N–H and O–H groups in total. The first kappa shape index (κ1) is 14.4. The number of nitrogens with zero attached hydrogens (tertiary/aromatic N) is 1. The normalized spacial score (nSPS) is 12.3. The van der Waals surface area contributed by atoms with Crippen LogP contribution in [0.5, 0.6) is 5.75 Å². The zero-order valence-electron chi connectivity index (χ0n) is 11.4. The molecule has 4 nitrogen and oxygen atoms in total. The zero-order chi connectivity index (χ0) is 13.7. The lowest BCUT2D eigenvalue weighted by Gasteiger charge is -2.26. The molecule has 0 heterocycles. The van der Waals surface area contributed by atoms with Crippen LogP contribution in [0.1, 0.15) is 13.8 Å². The average Bonchev–Trinajstić information content (AvgIpc) is 2.34. The molecule has 1 aromatic rings. The fourth-order valence-electron chi connectivity index (χ4n) is 1.91. The summed E-state index contributed by atoms with van der Waals surface area (Å²) in [5, 5.41) is 9.21. The van der Waals surface area contributed by atoms with Gasteiger partial charge in [-0.1, -0.05) is 26.0 Å². The van der Waals surface area contributed by atoms with Crippen molar-refractivity contribution in [2.45, 2.75) is 13.8 Å². The molecule has 1 aromatic carbocycles. The number of anilines is 1. The topological polar surface area (TPSA) is 49.8 Å². The van der Waals surface area contributed by atoms with E-state index in [1.54, 1.807) is 7.11 Å². The van der Waals surface area contributed by atoms with Gasteiger partial charge >= 0.3 is 5.97 Å². The van der Waals surface area contributed by atoms with Crippen LogP contribution in [0.15, 0.2) is 24.3 Å². The summed E-state index contributed by atoms with van der Waals surface area (Å²) < 4.78 is 5.28. The summed E-state index contributed by atoms with van der Waals surface area (Å²) in [5.74, 6) is -0.292. The van der Waals surface area contributed by atoms with Gasteiger partial charge in [0.25, 0.3) is 0 Å². The number of carboxylic acids is 1. The molecule has 0 bridgehead atoms. The molecule has 1 unspecified atom stereocenters. The van der Waals surface area contributed by atoms with Crippen molar-refractivity contribution in [3.05, 3.63) is 24.3 Å². The van der Waals surface area contributed by atoms with Gasteiger partial charge in [-0.05, 0) is 18.1 Å².